The van der Waals surface area contributed by atoms with Crippen LogP contribution in [-0.4, -0.2) is 33.7 Å². The molecule has 0 unspecified atom stereocenters. The van der Waals surface area contributed by atoms with Crippen molar-refractivity contribution in [3.8, 4) is 5.75 Å². The van der Waals surface area contributed by atoms with Crippen molar-refractivity contribution in [1.82, 2.24) is 5.32 Å². The summed E-state index contributed by atoms with van der Waals surface area (Å²) in [6.45, 7) is 5.74. The summed E-state index contributed by atoms with van der Waals surface area (Å²) >= 11 is 0. The molecule has 2 aromatic carbocycles. The Morgan fingerprint density at radius 3 is 2.24 bits per heavy atom. The number of anilines is 1. The highest BCUT2D eigenvalue weighted by Crippen LogP contribution is 2.26. The van der Waals surface area contributed by atoms with E-state index < -0.39 is 16.1 Å². The Morgan fingerprint density at radius 1 is 1.10 bits per heavy atom. The Labute approximate surface area is 173 Å². The minimum absolute atomic E-state index is 0.224. The molecule has 2 aromatic rings. The second-order valence-electron chi connectivity index (χ2n) is 7.02. The largest absolute Gasteiger partial charge is 0.496 e. The second kappa shape index (κ2) is 9.78. The molecule has 0 aliphatic carbocycles. The second-order valence-corrected chi connectivity index (χ2v) is 8.88. The Kier molecular flexibility index (Phi) is 7.67. The van der Waals surface area contributed by atoms with Crippen molar-refractivity contribution >= 4 is 21.6 Å². The average molecular weight is 419 g/mol. The quantitative estimate of drug-likeness (QED) is 0.672. The van der Waals surface area contributed by atoms with E-state index in [1.165, 1.54) is 4.31 Å². The van der Waals surface area contributed by atoms with E-state index in [1.807, 2.05) is 45.0 Å². The van der Waals surface area contributed by atoms with Crippen LogP contribution in [0.25, 0.3) is 0 Å². The van der Waals surface area contributed by atoms with Gasteiger partial charge in [-0.3, -0.25) is 9.10 Å². The molecule has 2 atom stereocenters. The van der Waals surface area contributed by atoms with Crippen LogP contribution >= 0.6 is 0 Å². The lowest BCUT2D eigenvalue weighted by molar-refractivity contribution is -0.123. The van der Waals surface area contributed by atoms with Gasteiger partial charge in [-0.15, -0.1) is 0 Å². The summed E-state index contributed by atoms with van der Waals surface area (Å²) in [5.74, 6) is 0.468. The number of nitrogens with one attached hydrogen (secondary N) is 1. The highest BCUT2D eigenvalue weighted by Gasteiger charge is 2.32. The predicted octanol–water partition coefficient (Wildman–Crippen LogP) is 3.82. The molecule has 0 aliphatic rings. The highest BCUT2D eigenvalue weighted by atomic mass is 32.2. The molecule has 0 aliphatic heterocycles. The Bertz CT molecular complexity index is 929. The van der Waals surface area contributed by atoms with Gasteiger partial charge in [-0.25, -0.2) is 8.42 Å². The summed E-state index contributed by atoms with van der Waals surface area (Å²) < 4.78 is 31.5. The maximum Gasteiger partial charge on any atom is 0.244 e. The molecule has 0 bridgehead atoms. The third-order valence-electron chi connectivity index (χ3n) is 4.89. The van der Waals surface area contributed by atoms with Crippen LogP contribution in [0, 0.1) is 6.92 Å². The standard InChI is InChI=1S/C22H30N2O4S/c1-6-19(17-13-14-21(28-4)16(3)15-17)23-22(25)20(7-2)24(29(5,26)27)18-11-9-8-10-12-18/h8-15,19-20H,6-7H2,1-5H3,(H,23,25)/t19-,20+/m1/s1. The number of ether oxygens (including phenoxy) is 1. The van der Waals surface area contributed by atoms with Gasteiger partial charge in [-0.1, -0.05) is 44.2 Å². The Morgan fingerprint density at radius 2 is 1.76 bits per heavy atom. The van der Waals surface area contributed by atoms with E-state index in [9.17, 15) is 13.2 Å². The maximum absolute atomic E-state index is 13.1. The van der Waals surface area contributed by atoms with E-state index in [1.54, 1.807) is 31.4 Å². The molecule has 158 valence electrons. The molecule has 0 fully saturated rings. The van der Waals surface area contributed by atoms with Gasteiger partial charge in [-0.05, 0) is 49.1 Å². The number of hydrogen-bond donors (Lipinski definition) is 1. The van der Waals surface area contributed by atoms with Gasteiger partial charge in [0.1, 0.15) is 11.8 Å². The van der Waals surface area contributed by atoms with Crippen molar-refractivity contribution in [2.75, 3.05) is 17.7 Å². The van der Waals surface area contributed by atoms with Crippen LogP contribution < -0.4 is 14.4 Å². The van der Waals surface area contributed by atoms with E-state index in [0.29, 0.717) is 18.5 Å². The van der Waals surface area contributed by atoms with Crippen LogP contribution in [0.2, 0.25) is 0 Å². The lowest BCUT2D eigenvalue weighted by Gasteiger charge is -2.31. The van der Waals surface area contributed by atoms with E-state index in [-0.39, 0.29) is 11.9 Å². The van der Waals surface area contributed by atoms with Gasteiger partial charge in [0.15, 0.2) is 0 Å². The zero-order valence-electron chi connectivity index (χ0n) is 17.7. The predicted molar refractivity (Wildman–Crippen MR) is 117 cm³/mol. The van der Waals surface area contributed by atoms with Gasteiger partial charge in [0.25, 0.3) is 0 Å². The number of para-hydroxylation sites is 1. The number of rotatable bonds is 9. The van der Waals surface area contributed by atoms with Gasteiger partial charge in [0.05, 0.1) is 25.1 Å². The zero-order valence-corrected chi connectivity index (χ0v) is 18.5. The lowest BCUT2D eigenvalue weighted by Crippen LogP contribution is -2.50. The van der Waals surface area contributed by atoms with Crippen molar-refractivity contribution in [3.05, 3.63) is 59.7 Å². The summed E-state index contributed by atoms with van der Waals surface area (Å²) in [6, 6.07) is 13.4. The van der Waals surface area contributed by atoms with E-state index in [2.05, 4.69) is 5.32 Å². The molecular weight excluding hydrogens is 388 g/mol. The normalized spacial score (nSPS) is 13.4. The molecule has 0 aromatic heterocycles. The first-order chi connectivity index (χ1) is 13.7. The molecule has 1 N–H and O–H groups in total. The topological polar surface area (TPSA) is 75.7 Å². The van der Waals surface area contributed by atoms with Crippen LogP contribution in [0.4, 0.5) is 5.69 Å². The molecule has 29 heavy (non-hydrogen) atoms. The number of nitrogens with zero attached hydrogens (tertiary/aromatic N) is 1. The van der Waals surface area contributed by atoms with Crippen LogP contribution in [0.15, 0.2) is 48.5 Å². The number of benzene rings is 2. The maximum atomic E-state index is 13.1. The summed E-state index contributed by atoms with van der Waals surface area (Å²) in [5.41, 5.74) is 2.41. The first-order valence-corrected chi connectivity index (χ1v) is 11.6. The molecule has 0 heterocycles. The molecule has 0 saturated carbocycles. The van der Waals surface area contributed by atoms with Gasteiger partial charge < -0.3 is 10.1 Å². The number of methoxy groups -OCH3 is 1. The first kappa shape index (κ1) is 22.7. The van der Waals surface area contributed by atoms with E-state index >= 15 is 0 Å². The molecule has 6 nitrogen and oxygen atoms in total. The summed E-state index contributed by atoms with van der Waals surface area (Å²) in [5, 5.41) is 3.04. The van der Waals surface area contributed by atoms with Crippen LogP contribution in [0.5, 0.6) is 5.75 Å². The van der Waals surface area contributed by atoms with Gasteiger partial charge >= 0.3 is 0 Å². The fourth-order valence-corrected chi connectivity index (χ4v) is 4.65. The molecule has 0 radical (unpaired) electrons. The number of aryl methyl sites for hydroxylation is 1. The summed E-state index contributed by atoms with van der Waals surface area (Å²) in [6.07, 6.45) is 2.16. The summed E-state index contributed by atoms with van der Waals surface area (Å²) in [7, 11) is -2.02. The average Bonchev–Trinajstić information content (AvgIpc) is 2.69. The highest BCUT2D eigenvalue weighted by molar-refractivity contribution is 7.92. The first-order valence-electron chi connectivity index (χ1n) is 9.72. The van der Waals surface area contributed by atoms with Crippen molar-refractivity contribution in [2.45, 2.75) is 45.7 Å². The number of amides is 1. The minimum atomic E-state index is -3.64. The Balaban J connectivity index is 2.32. The molecule has 0 spiro atoms. The van der Waals surface area contributed by atoms with E-state index in [0.717, 1.165) is 23.1 Å². The molecule has 7 heteroatoms. The molecule has 2 rings (SSSR count). The van der Waals surface area contributed by atoms with Crippen molar-refractivity contribution < 1.29 is 17.9 Å². The van der Waals surface area contributed by atoms with Crippen LogP contribution in [0.3, 0.4) is 0 Å². The molecule has 0 saturated heterocycles. The monoisotopic (exact) mass is 418 g/mol. The van der Waals surface area contributed by atoms with Gasteiger partial charge in [0.2, 0.25) is 15.9 Å². The SMILES string of the molecule is CC[C@@H](NC(=O)[C@H](CC)N(c1ccccc1)S(C)(=O)=O)c1ccc(OC)c(C)c1. The van der Waals surface area contributed by atoms with Gasteiger partial charge in [0, 0.05) is 0 Å². The van der Waals surface area contributed by atoms with Crippen LogP contribution in [-0.2, 0) is 14.8 Å². The van der Waals surface area contributed by atoms with Crippen LogP contribution in [0.1, 0.15) is 43.9 Å². The van der Waals surface area contributed by atoms with Gasteiger partial charge in [-0.2, -0.15) is 0 Å². The lowest BCUT2D eigenvalue weighted by atomic mass is 10.0. The molecular formula is C22H30N2O4S. The zero-order chi connectivity index (χ0) is 21.6. The Hall–Kier alpha value is -2.54. The molecule has 1 amide bonds. The van der Waals surface area contributed by atoms with Crippen molar-refractivity contribution in [2.24, 2.45) is 0 Å². The van der Waals surface area contributed by atoms with Crippen molar-refractivity contribution in [1.29, 1.82) is 0 Å². The van der Waals surface area contributed by atoms with Crippen molar-refractivity contribution in [3.63, 3.8) is 0 Å². The fourth-order valence-electron chi connectivity index (χ4n) is 3.44. The number of carbonyl (C=O) groups excluding carboxylic acids is 1. The number of sulfonamides is 1. The fraction of sp³-hybridized carbons (Fsp3) is 0.409. The number of hydrogen-bond acceptors (Lipinski definition) is 4. The third kappa shape index (κ3) is 5.50. The number of carbonyl (C=O) groups is 1. The summed E-state index contributed by atoms with van der Waals surface area (Å²) in [4.78, 5) is 13.1. The van der Waals surface area contributed by atoms with E-state index in [4.69, 9.17) is 4.74 Å². The smallest absolute Gasteiger partial charge is 0.244 e. The third-order valence-corrected chi connectivity index (χ3v) is 6.07. The minimum Gasteiger partial charge on any atom is -0.496 e.